The Morgan fingerprint density at radius 2 is 2.08 bits per heavy atom. The molecule has 0 unspecified atom stereocenters. The molecule has 0 aliphatic rings. The summed E-state index contributed by atoms with van der Waals surface area (Å²) in [5, 5.41) is 10.7. The highest BCUT2D eigenvalue weighted by atomic mass is 16.2. The lowest BCUT2D eigenvalue weighted by Crippen LogP contribution is -2.28. The number of aryl methyl sites for hydroxylation is 2. The Morgan fingerprint density at radius 3 is 2.71 bits per heavy atom. The van der Waals surface area contributed by atoms with Gasteiger partial charge in [0, 0.05) is 25.8 Å². The van der Waals surface area contributed by atoms with Crippen molar-refractivity contribution >= 4 is 11.7 Å². The predicted molar refractivity (Wildman–Crippen MR) is 96.4 cm³/mol. The summed E-state index contributed by atoms with van der Waals surface area (Å²) in [5.41, 5.74) is 2.73. The summed E-state index contributed by atoms with van der Waals surface area (Å²) in [6.07, 6.45) is 2.67. The van der Waals surface area contributed by atoms with Crippen molar-refractivity contribution in [3.05, 3.63) is 41.3 Å². The Balaban J connectivity index is 1.78. The number of anilines is 1. The van der Waals surface area contributed by atoms with Gasteiger partial charge in [-0.05, 0) is 43.9 Å². The van der Waals surface area contributed by atoms with Gasteiger partial charge in [-0.15, -0.1) is 0 Å². The van der Waals surface area contributed by atoms with Gasteiger partial charge in [-0.2, -0.15) is 5.10 Å². The smallest absolute Gasteiger partial charge is 0.269 e. The quantitative estimate of drug-likeness (QED) is 0.730. The first-order chi connectivity index (χ1) is 11.5. The third kappa shape index (κ3) is 4.81. The summed E-state index contributed by atoms with van der Waals surface area (Å²) in [6, 6.07) is 5.87. The van der Waals surface area contributed by atoms with E-state index in [0.717, 1.165) is 30.0 Å². The van der Waals surface area contributed by atoms with E-state index in [0.29, 0.717) is 24.7 Å². The van der Waals surface area contributed by atoms with Gasteiger partial charge in [0.2, 0.25) is 0 Å². The van der Waals surface area contributed by atoms with Gasteiger partial charge in [-0.1, -0.05) is 19.9 Å². The fourth-order valence-electron chi connectivity index (χ4n) is 2.31. The number of carbonyl (C=O) groups excluding carboxylic acids is 1. The number of amides is 1. The summed E-state index contributed by atoms with van der Waals surface area (Å²) in [6.45, 7) is 10.2. The van der Waals surface area contributed by atoms with Crippen molar-refractivity contribution in [3.8, 4) is 0 Å². The first-order valence-electron chi connectivity index (χ1n) is 8.53. The van der Waals surface area contributed by atoms with Gasteiger partial charge in [0.25, 0.3) is 5.91 Å². The zero-order chi connectivity index (χ0) is 17.5. The zero-order valence-electron chi connectivity index (χ0n) is 15.0. The van der Waals surface area contributed by atoms with Crippen LogP contribution in [0.5, 0.6) is 0 Å². The molecule has 1 amide bonds. The molecule has 0 radical (unpaired) electrons. The zero-order valence-corrected chi connectivity index (χ0v) is 15.0. The molecule has 0 saturated heterocycles. The van der Waals surface area contributed by atoms with Crippen molar-refractivity contribution in [2.45, 2.75) is 46.6 Å². The van der Waals surface area contributed by atoms with Crippen LogP contribution in [-0.4, -0.2) is 33.8 Å². The van der Waals surface area contributed by atoms with Crippen molar-refractivity contribution < 1.29 is 4.79 Å². The van der Waals surface area contributed by atoms with E-state index in [1.807, 2.05) is 38.2 Å². The second-order valence-electron chi connectivity index (χ2n) is 6.18. The van der Waals surface area contributed by atoms with E-state index < -0.39 is 0 Å². The Kier molecular flexibility index (Phi) is 6.35. The number of nitrogens with zero attached hydrogens (tertiary/aromatic N) is 3. The standard InChI is InChI=1S/C18H27N5O/c1-5-23-16(11-15(22-23)13(2)3)18(24)20-10-6-9-19-17-8-7-14(4)12-21-17/h7-8,11-13H,5-6,9-10H2,1-4H3,(H,19,21)(H,20,24). The molecule has 0 fully saturated rings. The lowest BCUT2D eigenvalue weighted by atomic mass is 10.1. The maximum absolute atomic E-state index is 12.3. The van der Waals surface area contributed by atoms with Crippen LogP contribution in [0.2, 0.25) is 0 Å². The predicted octanol–water partition coefficient (Wildman–Crippen LogP) is 2.96. The van der Waals surface area contributed by atoms with Gasteiger partial charge < -0.3 is 10.6 Å². The van der Waals surface area contributed by atoms with Crippen LogP contribution in [0.15, 0.2) is 24.4 Å². The number of aromatic nitrogens is 3. The van der Waals surface area contributed by atoms with Gasteiger partial charge in [0.1, 0.15) is 11.5 Å². The van der Waals surface area contributed by atoms with E-state index in [2.05, 4.69) is 34.6 Å². The van der Waals surface area contributed by atoms with Crippen LogP contribution in [0.25, 0.3) is 0 Å². The highest BCUT2D eigenvalue weighted by molar-refractivity contribution is 5.92. The molecule has 2 rings (SSSR count). The van der Waals surface area contributed by atoms with Gasteiger partial charge in [0.05, 0.1) is 5.69 Å². The Labute approximate surface area is 143 Å². The normalized spacial score (nSPS) is 10.9. The molecule has 2 aromatic heterocycles. The molecule has 0 aromatic carbocycles. The first-order valence-corrected chi connectivity index (χ1v) is 8.53. The molecule has 6 heteroatoms. The minimum Gasteiger partial charge on any atom is -0.370 e. The van der Waals surface area contributed by atoms with Crippen molar-refractivity contribution in [3.63, 3.8) is 0 Å². The summed E-state index contributed by atoms with van der Waals surface area (Å²) >= 11 is 0. The number of hydrogen-bond acceptors (Lipinski definition) is 4. The van der Waals surface area contributed by atoms with Gasteiger partial charge >= 0.3 is 0 Å². The van der Waals surface area contributed by atoms with Crippen LogP contribution in [0, 0.1) is 6.92 Å². The molecule has 0 bridgehead atoms. The van der Waals surface area contributed by atoms with E-state index in [1.165, 1.54) is 0 Å². The highest BCUT2D eigenvalue weighted by Crippen LogP contribution is 2.14. The lowest BCUT2D eigenvalue weighted by Gasteiger charge is -2.08. The van der Waals surface area contributed by atoms with Gasteiger partial charge in [0.15, 0.2) is 0 Å². The largest absolute Gasteiger partial charge is 0.370 e. The van der Waals surface area contributed by atoms with Crippen LogP contribution >= 0.6 is 0 Å². The average Bonchev–Trinajstić information content (AvgIpc) is 3.01. The fourth-order valence-corrected chi connectivity index (χ4v) is 2.31. The van der Waals surface area contributed by atoms with E-state index in [-0.39, 0.29) is 5.91 Å². The number of pyridine rings is 1. The second-order valence-corrected chi connectivity index (χ2v) is 6.18. The molecule has 24 heavy (non-hydrogen) atoms. The van der Waals surface area contributed by atoms with Gasteiger partial charge in [-0.25, -0.2) is 4.98 Å². The van der Waals surface area contributed by atoms with Gasteiger partial charge in [-0.3, -0.25) is 9.48 Å². The van der Waals surface area contributed by atoms with Crippen molar-refractivity contribution in [2.24, 2.45) is 0 Å². The molecule has 0 atom stereocenters. The maximum Gasteiger partial charge on any atom is 0.269 e. The van der Waals surface area contributed by atoms with E-state index in [1.54, 1.807) is 4.68 Å². The fraction of sp³-hybridized carbons (Fsp3) is 0.500. The molecular weight excluding hydrogens is 302 g/mol. The molecule has 6 nitrogen and oxygen atoms in total. The average molecular weight is 329 g/mol. The Bertz CT molecular complexity index is 661. The van der Waals surface area contributed by atoms with Crippen molar-refractivity contribution in [2.75, 3.05) is 18.4 Å². The number of carbonyl (C=O) groups is 1. The monoisotopic (exact) mass is 329 g/mol. The van der Waals surface area contributed by atoms with E-state index in [9.17, 15) is 4.79 Å². The number of nitrogens with one attached hydrogen (secondary N) is 2. The minimum absolute atomic E-state index is 0.0651. The van der Waals surface area contributed by atoms with Crippen LogP contribution < -0.4 is 10.6 Å². The third-order valence-electron chi connectivity index (χ3n) is 3.78. The van der Waals surface area contributed by atoms with Crippen LogP contribution in [0.4, 0.5) is 5.82 Å². The van der Waals surface area contributed by atoms with E-state index in [4.69, 9.17) is 0 Å². The highest BCUT2D eigenvalue weighted by Gasteiger charge is 2.15. The van der Waals surface area contributed by atoms with Crippen molar-refractivity contribution in [1.29, 1.82) is 0 Å². The maximum atomic E-state index is 12.3. The molecule has 2 N–H and O–H groups in total. The SMILES string of the molecule is CCn1nc(C(C)C)cc1C(=O)NCCCNc1ccc(C)cn1. The summed E-state index contributed by atoms with van der Waals surface area (Å²) < 4.78 is 1.76. The first kappa shape index (κ1) is 18.0. The molecule has 2 heterocycles. The van der Waals surface area contributed by atoms with Crippen LogP contribution in [-0.2, 0) is 6.54 Å². The Morgan fingerprint density at radius 1 is 1.29 bits per heavy atom. The molecule has 130 valence electrons. The molecule has 0 spiro atoms. The molecule has 0 aliphatic carbocycles. The topological polar surface area (TPSA) is 71.8 Å². The number of hydrogen-bond donors (Lipinski definition) is 2. The molecular formula is C18H27N5O. The molecule has 0 aliphatic heterocycles. The Hall–Kier alpha value is -2.37. The van der Waals surface area contributed by atoms with E-state index >= 15 is 0 Å². The lowest BCUT2D eigenvalue weighted by molar-refractivity contribution is 0.0943. The van der Waals surface area contributed by atoms with Crippen LogP contribution in [0.1, 0.15) is 54.9 Å². The second kappa shape index (κ2) is 8.47. The van der Waals surface area contributed by atoms with Crippen molar-refractivity contribution in [1.82, 2.24) is 20.1 Å². The molecule has 2 aromatic rings. The third-order valence-corrected chi connectivity index (χ3v) is 3.78. The summed E-state index contributed by atoms with van der Waals surface area (Å²) in [5.74, 6) is 1.11. The van der Waals surface area contributed by atoms with Crippen LogP contribution in [0.3, 0.4) is 0 Å². The molecule has 0 saturated carbocycles. The number of rotatable bonds is 8. The summed E-state index contributed by atoms with van der Waals surface area (Å²) in [7, 11) is 0. The minimum atomic E-state index is -0.0651. The summed E-state index contributed by atoms with van der Waals surface area (Å²) in [4.78, 5) is 16.6.